The molecule has 0 aromatic heterocycles. The molecule has 0 aliphatic carbocycles. The zero-order valence-electron chi connectivity index (χ0n) is 8.00. The lowest BCUT2D eigenvalue weighted by Crippen LogP contribution is -2.18. The largest absolute Gasteiger partial charge is 0.366 e. The molecule has 1 rings (SSSR count). The first kappa shape index (κ1) is 12.4. The fourth-order valence-corrected chi connectivity index (χ4v) is 1.39. The van der Waals surface area contributed by atoms with E-state index in [2.05, 4.69) is 0 Å². The molecule has 1 aromatic rings. The summed E-state index contributed by atoms with van der Waals surface area (Å²) in [7, 11) is 0. The quantitative estimate of drug-likeness (QED) is 0.852. The van der Waals surface area contributed by atoms with Crippen LogP contribution in [0, 0.1) is 0 Å². The number of benzene rings is 1. The van der Waals surface area contributed by atoms with Crippen LogP contribution in [0.5, 0.6) is 0 Å². The molecule has 0 radical (unpaired) electrons. The molecule has 0 spiro atoms. The van der Waals surface area contributed by atoms with Crippen molar-refractivity contribution >= 4 is 11.6 Å². The van der Waals surface area contributed by atoms with Gasteiger partial charge in [-0.2, -0.15) is 0 Å². The van der Waals surface area contributed by atoms with Crippen molar-refractivity contribution in [1.82, 2.24) is 0 Å². The molecule has 2 N–H and O–H groups in total. The van der Waals surface area contributed by atoms with E-state index in [1.54, 1.807) is 24.3 Å². The molecular formula is C10H12ClF2NO. The summed E-state index contributed by atoms with van der Waals surface area (Å²) in [6.45, 7) is -0.471. The van der Waals surface area contributed by atoms with E-state index in [1.807, 2.05) is 0 Å². The van der Waals surface area contributed by atoms with Crippen molar-refractivity contribution in [2.75, 3.05) is 13.2 Å². The van der Waals surface area contributed by atoms with Gasteiger partial charge in [-0.25, -0.2) is 8.78 Å². The molecular weight excluding hydrogens is 224 g/mol. The molecule has 1 aromatic carbocycles. The topological polar surface area (TPSA) is 35.2 Å². The summed E-state index contributed by atoms with van der Waals surface area (Å²) in [6.07, 6.45) is -3.02. The van der Waals surface area contributed by atoms with E-state index in [4.69, 9.17) is 22.1 Å². The van der Waals surface area contributed by atoms with Gasteiger partial charge < -0.3 is 10.5 Å². The first-order valence-corrected chi connectivity index (χ1v) is 4.86. The number of hydrogen-bond donors (Lipinski definition) is 1. The molecule has 84 valence electrons. The third kappa shape index (κ3) is 4.11. The van der Waals surface area contributed by atoms with Crippen LogP contribution < -0.4 is 5.73 Å². The van der Waals surface area contributed by atoms with Crippen LogP contribution in [0.1, 0.15) is 11.7 Å². The number of nitrogens with two attached hydrogens (primary N) is 1. The Kier molecular flexibility index (Phi) is 4.94. The Labute approximate surface area is 92.0 Å². The summed E-state index contributed by atoms with van der Waals surface area (Å²) in [5, 5.41) is 0.534. The minimum Gasteiger partial charge on any atom is -0.366 e. The second-order valence-corrected chi connectivity index (χ2v) is 3.44. The lowest BCUT2D eigenvalue weighted by atomic mass is 10.1. The molecule has 5 heteroatoms. The smallest absolute Gasteiger partial charge is 0.261 e. The van der Waals surface area contributed by atoms with Crippen LogP contribution in [-0.2, 0) is 4.74 Å². The normalized spacial score (nSPS) is 13.1. The molecule has 0 aliphatic heterocycles. The van der Waals surface area contributed by atoms with E-state index in [0.717, 1.165) is 0 Å². The van der Waals surface area contributed by atoms with Gasteiger partial charge in [0.2, 0.25) is 0 Å². The van der Waals surface area contributed by atoms with Crippen molar-refractivity contribution in [3.63, 3.8) is 0 Å². The van der Waals surface area contributed by atoms with Crippen LogP contribution in [0.15, 0.2) is 24.3 Å². The number of rotatable bonds is 5. The molecule has 0 heterocycles. The molecule has 2 nitrogen and oxygen atoms in total. The van der Waals surface area contributed by atoms with Gasteiger partial charge in [0.1, 0.15) is 6.61 Å². The third-order valence-corrected chi connectivity index (χ3v) is 2.09. The third-order valence-electron chi connectivity index (χ3n) is 1.86. The Balaban J connectivity index is 2.65. The van der Waals surface area contributed by atoms with Crippen molar-refractivity contribution in [2.45, 2.75) is 12.5 Å². The zero-order valence-corrected chi connectivity index (χ0v) is 8.75. The van der Waals surface area contributed by atoms with Crippen LogP contribution in [0.2, 0.25) is 5.02 Å². The van der Waals surface area contributed by atoms with Gasteiger partial charge in [-0.1, -0.05) is 23.7 Å². The van der Waals surface area contributed by atoms with Gasteiger partial charge in [-0.3, -0.25) is 0 Å². The first-order valence-electron chi connectivity index (χ1n) is 4.48. The molecule has 1 unspecified atom stereocenters. The Hall–Kier alpha value is -0.710. The maximum Gasteiger partial charge on any atom is 0.261 e. The molecule has 15 heavy (non-hydrogen) atoms. The molecule has 0 saturated carbocycles. The number of alkyl halides is 2. The number of halogens is 3. The highest BCUT2D eigenvalue weighted by atomic mass is 35.5. The Morgan fingerprint density at radius 1 is 1.40 bits per heavy atom. The van der Waals surface area contributed by atoms with Gasteiger partial charge in [0.15, 0.2) is 0 Å². The zero-order chi connectivity index (χ0) is 11.3. The van der Waals surface area contributed by atoms with Crippen LogP contribution in [0.25, 0.3) is 0 Å². The fraction of sp³-hybridized carbons (Fsp3) is 0.400. The average Bonchev–Trinajstić information content (AvgIpc) is 2.18. The van der Waals surface area contributed by atoms with E-state index in [1.165, 1.54) is 0 Å². The predicted octanol–water partition coefficient (Wildman–Crippen LogP) is 2.62. The van der Waals surface area contributed by atoms with Crippen LogP contribution in [0.4, 0.5) is 8.78 Å². The summed E-state index contributed by atoms with van der Waals surface area (Å²) in [5.74, 6) is 0. The summed E-state index contributed by atoms with van der Waals surface area (Å²) >= 11 is 5.76. The second kappa shape index (κ2) is 6.00. The standard InChI is InChI=1S/C10H12ClF2NO/c11-8-3-1-2-7(4-8)9(5-14)15-6-10(12)13/h1-4,9-10H,5-6,14H2. The maximum atomic E-state index is 11.9. The van der Waals surface area contributed by atoms with Crippen molar-refractivity contribution in [1.29, 1.82) is 0 Å². The monoisotopic (exact) mass is 235 g/mol. The van der Waals surface area contributed by atoms with Crippen molar-refractivity contribution in [3.05, 3.63) is 34.9 Å². The highest BCUT2D eigenvalue weighted by molar-refractivity contribution is 6.30. The van der Waals surface area contributed by atoms with Gasteiger partial charge in [0.05, 0.1) is 6.10 Å². The molecule has 0 saturated heterocycles. The lowest BCUT2D eigenvalue weighted by molar-refractivity contribution is -0.0216. The molecule has 0 fully saturated rings. The van der Waals surface area contributed by atoms with Crippen molar-refractivity contribution in [3.8, 4) is 0 Å². The van der Waals surface area contributed by atoms with E-state index in [-0.39, 0.29) is 6.54 Å². The second-order valence-electron chi connectivity index (χ2n) is 3.00. The average molecular weight is 236 g/mol. The minimum absolute atomic E-state index is 0.146. The lowest BCUT2D eigenvalue weighted by Gasteiger charge is -2.16. The van der Waals surface area contributed by atoms with Crippen LogP contribution in [0.3, 0.4) is 0 Å². The van der Waals surface area contributed by atoms with Gasteiger partial charge >= 0.3 is 0 Å². The van der Waals surface area contributed by atoms with E-state index in [9.17, 15) is 8.78 Å². The van der Waals surface area contributed by atoms with Gasteiger partial charge in [-0.15, -0.1) is 0 Å². The molecule has 0 aliphatic rings. The van der Waals surface area contributed by atoms with Crippen molar-refractivity contribution in [2.24, 2.45) is 5.73 Å². The predicted molar refractivity (Wildman–Crippen MR) is 55.2 cm³/mol. The Morgan fingerprint density at radius 3 is 2.67 bits per heavy atom. The molecule has 0 amide bonds. The van der Waals surface area contributed by atoms with E-state index in [0.29, 0.717) is 10.6 Å². The fourth-order valence-electron chi connectivity index (χ4n) is 1.20. The SMILES string of the molecule is NCC(OCC(F)F)c1cccc(Cl)c1. The maximum absolute atomic E-state index is 11.9. The van der Waals surface area contributed by atoms with Crippen LogP contribution in [-0.4, -0.2) is 19.6 Å². The van der Waals surface area contributed by atoms with Crippen molar-refractivity contribution < 1.29 is 13.5 Å². The number of hydrogen-bond acceptors (Lipinski definition) is 2. The highest BCUT2D eigenvalue weighted by Crippen LogP contribution is 2.20. The van der Waals surface area contributed by atoms with Gasteiger partial charge in [0.25, 0.3) is 6.43 Å². The molecule has 0 bridgehead atoms. The number of ether oxygens (including phenoxy) is 1. The Morgan fingerprint density at radius 2 is 2.13 bits per heavy atom. The summed E-state index contributed by atoms with van der Waals surface area (Å²) in [4.78, 5) is 0. The summed E-state index contributed by atoms with van der Waals surface area (Å²) in [5.41, 5.74) is 6.14. The minimum atomic E-state index is -2.49. The van der Waals surface area contributed by atoms with E-state index < -0.39 is 19.1 Å². The van der Waals surface area contributed by atoms with Gasteiger partial charge in [0, 0.05) is 11.6 Å². The summed E-state index contributed by atoms with van der Waals surface area (Å²) in [6, 6.07) is 6.83. The Bertz CT molecular complexity index is 309. The first-order chi connectivity index (χ1) is 7.13. The highest BCUT2D eigenvalue weighted by Gasteiger charge is 2.13. The summed E-state index contributed by atoms with van der Waals surface area (Å²) < 4.78 is 28.8. The van der Waals surface area contributed by atoms with E-state index >= 15 is 0 Å². The van der Waals surface area contributed by atoms with Gasteiger partial charge in [-0.05, 0) is 17.7 Å². The van der Waals surface area contributed by atoms with Crippen LogP contribution >= 0.6 is 11.6 Å². The molecule has 1 atom stereocenters.